The third kappa shape index (κ3) is 8.51. The lowest BCUT2D eigenvalue weighted by molar-refractivity contribution is -0.140. The summed E-state index contributed by atoms with van der Waals surface area (Å²) in [6.07, 6.45) is 1.73. The van der Waals surface area contributed by atoms with E-state index in [0.717, 1.165) is 28.3 Å². The lowest BCUT2D eigenvalue weighted by Crippen LogP contribution is -2.53. The Morgan fingerprint density at radius 2 is 1.57 bits per heavy atom. The number of nitrogens with zero attached hydrogens (tertiary/aromatic N) is 2. The fourth-order valence-corrected chi connectivity index (χ4v) is 6.54. The molecule has 0 saturated carbocycles. The van der Waals surface area contributed by atoms with Crippen molar-refractivity contribution in [3.63, 3.8) is 0 Å². The number of rotatable bonds is 15. The maximum atomic E-state index is 15.1. The Balaban J connectivity index is 1.84. The summed E-state index contributed by atoms with van der Waals surface area (Å²) in [7, 11) is -2.88. The summed E-state index contributed by atoms with van der Waals surface area (Å²) in [5, 5.41) is 2.93. The molecule has 242 valence electrons. The lowest BCUT2D eigenvalue weighted by atomic mass is 10.0. The van der Waals surface area contributed by atoms with Crippen molar-refractivity contribution in [2.24, 2.45) is 0 Å². The van der Waals surface area contributed by atoms with Crippen molar-refractivity contribution in [1.29, 1.82) is 0 Å². The molecule has 0 radical (unpaired) electrons. The van der Waals surface area contributed by atoms with Crippen LogP contribution in [-0.4, -0.2) is 51.4 Å². The van der Waals surface area contributed by atoms with Crippen LogP contribution in [0.5, 0.6) is 5.75 Å². The number of carbonyl (C=O) groups excluding carboxylic acids is 2. The molecule has 0 aliphatic rings. The Labute approximate surface area is 270 Å². The zero-order valence-electron chi connectivity index (χ0n) is 26.4. The van der Waals surface area contributed by atoms with E-state index in [9.17, 15) is 18.0 Å². The molecule has 0 saturated heterocycles. The molecule has 8 nitrogen and oxygen atoms in total. The van der Waals surface area contributed by atoms with Gasteiger partial charge in [-0.1, -0.05) is 86.1 Å². The van der Waals surface area contributed by atoms with Crippen LogP contribution in [0.3, 0.4) is 0 Å². The van der Waals surface area contributed by atoms with Crippen molar-refractivity contribution in [3.05, 3.63) is 126 Å². The number of aryl methyl sites for hydroxylation is 1. The summed E-state index contributed by atoms with van der Waals surface area (Å²) >= 11 is 0. The summed E-state index contributed by atoms with van der Waals surface area (Å²) in [6.45, 7) is 3.28. The van der Waals surface area contributed by atoms with E-state index in [1.54, 1.807) is 61.5 Å². The minimum absolute atomic E-state index is 0.0230. The molecule has 0 aliphatic heterocycles. The number of sulfonamides is 1. The summed E-state index contributed by atoms with van der Waals surface area (Å²) in [6, 6.07) is 27.0. The summed E-state index contributed by atoms with van der Waals surface area (Å²) in [4.78, 5) is 29.6. The number of carbonyl (C=O) groups is 2. The largest absolute Gasteiger partial charge is 0.495 e. The van der Waals surface area contributed by atoms with Crippen molar-refractivity contribution < 1.29 is 27.1 Å². The molecule has 0 heterocycles. The van der Waals surface area contributed by atoms with Gasteiger partial charge in [-0.25, -0.2) is 12.8 Å². The molecular weight excluding hydrogens is 605 g/mol. The quantitative estimate of drug-likeness (QED) is 0.163. The van der Waals surface area contributed by atoms with Crippen LogP contribution in [0.2, 0.25) is 0 Å². The van der Waals surface area contributed by atoms with Crippen molar-refractivity contribution in [1.82, 2.24) is 10.2 Å². The molecule has 0 aromatic heterocycles. The Kier molecular flexibility index (Phi) is 11.9. The zero-order valence-corrected chi connectivity index (χ0v) is 27.2. The van der Waals surface area contributed by atoms with Gasteiger partial charge in [-0.15, -0.1) is 0 Å². The van der Waals surface area contributed by atoms with Gasteiger partial charge in [-0.3, -0.25) is 13.9 Å². The van der Waals surface area contributed by atoms with Gasteiger partial charge in [0.05, 0.1) is 17.7 Å². The summed E-state index contributed by atoms with van der Waals surface area (Å²) in [5.74, 6) is -1.39. The number of hydrogen-bond acceptors (Lipinski definition) is 5. The predicted octanol–water partition coefficient (Wildman–Crippen LogP) is 5.89. The highest BCUT2D eigenvalue weighted by Gasteiger charge is 2.35. The molecule has 0 fully saturated rings. The molecule has 4 rings (SSSR count). The fraction of sp³-hybridized carbons (Fsp3) is 0.278. The molecule has 0 unspecified atom stereocenters. The van der Waals surface area contributed by atoms with E-state index < -0.39 is 40.2 Å². The van der Waals surface area contributed by atoms with E-state index in [2.05, 4.69) is 5.32 Å². The number of anilines is 1. The number of halogens is 1. The van der Waals surface area contributed by atoms with E-state index in [1.165, 1.54) is 30.2 Å². The van der Waals surface area contributed by atoms with Gasteiger partial charge in [-0.2, -0.15) is 0 Å². The molecule has 0 aliphatic carbocycles. The van der Waals surface area contributed by atoms with E-state index in [0.29, 0.717) is 6.54 Å². The van der Waals surface area contributed by atoms with Gasteiger partial charge < -0.3 is 15.0 Å². The van der Waals surface area contributed by atoms with Crippen LogP contribution in [0.1, 0.15) is 36.5 Å². The van der Waals surface area contributed by atoms with Crippen molar-refractivity contribution in [2.75, 3.05) is 24.5 Å². The lowest BCUT2D eigenvalue weighted by Gasteiger charge is -2.34. The van der Waals surface area contributed by atoms with Crippen LogP contribution in [0.15, 0.2) is 108 Å². The first-order valence-electron chi connectivity index (χ1n) is 15.2. The van der Waals surface area contributed by atoms with Gasteiger partial charge in [0.25, 0.3) is 10.0 Å². The number of unbranched alkanes of at least 4 members (excludes halogenated alkanes) is 1. The minimum Gasteiger partial charge on any atom is -0.495 e. The molecule has 2 amide bonds. The van der Waals surface area contributed by atoms with Crippen LogP contribution >= 0.6 is 0 Å². The highest BCUT2D eigenvalue weighted by molar-refractivity contribution is 7.92. The molecule has 10 heteroatoms. The first-order valence-corrected chi connectivity index (χ1v) is 16.7. The Bertz CT molecular complexity index is 1720. The van der Waals surface area contributed by atoms with Crippen molar-refractivity contribution in [3.8, 4) is 5.75 Å². The maximum Gasteiger partial charge on any atom is 0.264 e. The van der Waals surface area contributed by atoms with Gasteiger partial charge in [0.2, 0.25) is 11.8 Å². The third-order valence-corrected chi connectivity index (χ3v) is 9.39. The SMILES string of the molecule is CCCCNC(=O)[C@H](Cc1ccccc1)N(Cc1ccccc1F)C(=O)CN(c1cc(C)ccc1OC)S(=O)(=O)c1ccccc1. The Morgan fingerprint density at radius 3 is 2.22 bits per heavy atom. The number of nitrogens with one attached hydrogen (secondary N) is 1. The predicted molar refractivity (Wildman–Crippen MR) is 178 cm³/mol. The van der Waals surface area contributed by atoms with Crippen LogP contribution < -0.4 is 14.4 Å². The fourth-order valence-electron chi connectivity index (χ4n) is 5.10. The minimum atomic E-state index is -4.30. The highest BCUT2D eigenvalue weighted by Crippen LogP contribution is 2.34. The van der Waals surface area contributed by atoms with E-state index in [-0.39, 0.29) is 34.9 Å². The normalized spacial score (nSPS) is 11.8. The molecular formula is C36H40FN3O5S. The van der Waals surface area contributed by atoms with E-state index in [4.69, 9.17) is 4.74 Å². The number of amides is 2. The van der Waals surface area contributed by atoms with Gasteiger partial charge in [-0.05, 0) is 54.8 Å². The first-order chi connectivity index (χ1) is 22.1. The van der Waals surface area contributed by atoms with Crippen molar-refractivity contribution in [2.45, 2.75) is 50.6 Å². The summed E-state index contributed by atoms with van der Waals surface area (Å²) in [5.41, 5.74) is 1.90. The van der Waals surface area contributed by atoms with Crippen LogP contribution in [0, 0.1) is 12.7 Å². The second-order valence-electron chi connectivity index (χ2n) is 11.0. The topological polar surface area (TPSA) is 96.0 Å². The molecule has 1 N–H and O–H groups in total. The third-order valence-electron chi connectivity index (χ3n) is 7.61. The second kappa shape index (κ2) is 16.0. The highest BCUT2D eigenvalue weighted by atomic mass is 32.2. The van der Waals surface area contributed by atoms with Crippen LogP contribution in [-0.2, 0) is 32.6 Å². The maximum absolute atomic E-state index is 15.1. The molecule has 0 spiro atoms. The smallest absolute Gasteiger partial charge is 0.264 e. The van der Waals surface area contributed by atoms with Gasteiger partial charge in [0.15, 0.2) is 0 Å². The average molecular weight is 646 g/mol. The number of hydrogen-bond donors (Lipinski definition) is 1. The van der Waals surface area contributed by atoms with Gasteiger partial charge in [0, 0.05) is 25.1 Å². The monoisotopic (exact) mass is 645 g/mol. The Morgan fingerprint density at radius 1 is 0.913 bits per heavy atom. The summed E-state index contributed by atoms with van der Waals surface area (Å²) < 4.78 is 50.0. The van der Waals surface area contributed by atoms with E-state index in [1.807, 2.05) is 37.3 Å². The van der Waals surface area contributed by atoms with Crippen LogP contribution in [0.4, 0.5) is 10.1 Å². The Hall–Kier alpha value is -4.70. The average Bonchev–Trinajstić information content (AvgIpc) is 3.06. The standard InChI is InChI=1S/C36H40FN3O5S/c1-4-5-22-38-36(42)33(24-28-14-8-6-9-15-28)39(25-29-16-12-13-19-31(29)37)35(41)26-40(32-23-27(2)20-21-34(32)45-3)46(43,44)30-17-10-7-11-18-30/h6-21,23,33H,4-5,22,24-26H2,1-3H3,(H,38,42)/t33-/m0/s1. The van der Waals surface area contributed by atoms with E-state index >= 15 is 4.39 Å². The first kappa shape index (κ1) is 34.2. The zero-order chi connectivity index (χ0) is 33.1. The molecule has 1 atom stereocenters. The van der Waals surface area contributed by atoms with Gasteiger partial charge >= 0.3 is 0 Å². The molecule has 4 aromatic carbocycles. The van der Waals surface area contributed by atoms with Crippen molar-refractivity contribution >= 4 is 27.5 Å². The number of ether oxygens (including phenoxy) is 1. The molecule has 4 aromatic rings. The number of methoxy groups -OCH3 is 1. The molecule has 0 bridgehead atoms. The molecule has 46 heavy (non-hydrogen) atoms. The second-order valence-corrected chi connectivity index (χ2v) is 12.8. The number of benzene rings is 4. The van der Waals surface area contributed by atoms with Gasteiger partial charge in [0.1, 0.15) is 24.2 Å². The van der Waals surface area contributed by atoms with Crippen LogP contribution in [0.25, 0.3) is 0 Å².